The summed E-state index contributed by atoms with van der Waals surface area (Å²) in [5.74, 6) is 0.250. The Bertz CT molecular complexity index is 486. The van der Waals surface area contributed by atoms with E-state index in [1.165, 1.54) is 0 Å². The number of hydrogen-bond donors (Lipinski definition) is 2. The van der Waals surface area contributed by atoms with Gasteiger partial charge in [-0.15, -0.1) is 12.4 Å². The predicted octanol–water partition coefficient (Wildman–Crippen LogP) is 1.75. The third-order valence-electron chi connectivity index (χ3n) is 3.39. The van der Waals surface area contributed by atoms with E-state index in [0.29, 0.717) is 12.1 Å². The molecule has 5 nitrogen and oxygen atoms in total. The molecule has 0 unspecified atom stereocenters. The summed E-state index contributed by atoms with van der Waals surface area (Å²) in [6, 6.07) is 7.06. The number of carbonyl (C=O) groups is 2. The maximum absolute atomic E-state index is 12.1. The topological polar surface area (TPSA) is 61.4 Å². The summed E-state index contributed by atoms with van der Waals surface area (Å²) in [4.78, 5) is 25.4. The number of nitrogens with zero attached hydrogens (tertiary/aromatic N) is 1. The minimum atomic E-state index is -0.0136. The van der Waals surface area contributed by atoms with Gasteiger partial charge < -0.3 is 15.5 Å². The minimum Gasteiger partial charge on any atom is -0.340 e. The van der Waals surface area contributed by atoms with Crippen molar-refractivity contribution in [1.82, 2.24) is 10.2 Å². The summed E-state index contributed by atoms with van der Waals surface area (Å²) >= 11 is 0. The molecule has 2 N–H and O–H groups in total. The number of benzene rings is 1. The fourth-order valence-electron chi connectivity index (χ4n) is 1.89. The molecule has 0 radical (unpaired) electrons. The summed E-state index contributed by atoms with van der Waals surface area (Å²) < 4.78 is 0. The molecular formula is C15H22ClN3O2. The van der Waals surface area contributed by atoms with Gasteiger partial charge in [-0.05, 0) is 44.2 Å². The molecule has 0 heterocycles. The van der Waals surface area contributed by atoms with Gasteiger partial charge in [-0.1, -0.05) is 0 Å². The van der Waals surface area contributed by atoms with E-state index in [9.17, 15) is 9.59 Å². The molecule has 6 heteroatoms. The Labute approximate surface area is 131 Å². The van der Waals surface area contributed by atoms with Crippen molar-refractivity contribution >= 4 is 29.9 Å². The largest absolute Gasteiger partial charge is 0.340 e. The Hall–Kier alpha value is -1.59. The van der Waals surface area contributed by atoms with Crippen LogP contribution < -0.4 is 10.6 Å². The number of halogens is 1. The number of amides is 2. The standard InChI is InChI=1S/C15H21N3O2.ClH/c1-16-9-10-18(2)15(20)12-5-7-13(8-6-12)17-14(19)11-3-4-11;/h5-8,11,16H,3-4,9-10H2,1-2H3,(H,17,19);1H. The van der Waals surface area contributed by atoms with Gasteiger partial charge in [0, 0.05) is 37.3 Å². The van der Waals surface area contributed by atoms with Crippen molar-refractivity contribution in [2.75, 3.05) is 32.5 Å². The van der Waals surface area contributed by atoms with Gasteiger partial charge in [-0.25, -0.2) is 0 Å². The van der Waals surface area contributed by atoms with Crippen LogP contribution in [0, 0.1) is 5.92 Å². The average molecular weight is 312 g/mol. The molecule has 116 valence electrons. The first kappa shape index (κ1) is 17.5. The summed E-state index contributed by atoms with van der Waals surface area (Å²) in [5, 5.41) is 5.87. The van der Waals surface area contributed by atoms with Crippen LogP contribution in [0.3, 0.4) is 0 Å². The van der Waals surface area contributed by atoms with Crippen molar-refractivity contribution in [3.05, 3.63) is 29.8 Å². The fourth-order valence-corrected chi connectivity index (χ4v) is 1.89. The molecule has 0 atom stereocenters. The summed E-state index contributed by atoms with van der Waals surface area (Å²) in [7, 11) is 3.64. The average Bonchev–Trinajstić information content (AvgIpc) is 3.29. The first-order chi connectivity index (χ1) is 9.61. The molecule has 0 aromatic heterocycles. The molecule has 1 aromatic rings. The highest BCUT2D eigenvalue weighted by Gasteiger charge is 2.29. The van der Waals surface area contributed by atoms with Gasteiger partial charge in [0.05, 0.1) is 0 Å². The third-order valence-corrected chi connectivity index (χ3v) is 3.39. The van der Waals surface area contributed by atoms with Crippen molar-refractivity contribution in [3.8, 4) is 0 Å². The van der Waals surface area contributed by atoms with Crippen LogP contribution >= 0.6 is 12.4 Å². The predicted molar refractivity (Wildman–Crippen MR) is 85.9 cm³/mol. The molecule has 0 bridgehead atoms. The number of carbonyl (C=O) groups excluding carboxylic acids is 2. The molecule has 1 aliphatic carbocycles. The zero-order chi connectivity index (χ0) is 14.5. The fraction of sp³-hybridized carbons (Fsp3) is 0.467. The smallest absolute Gasteiger partial charge is 0.253 e. The third kappa shape index (κ3) is 5.02. The molecule has 21 heavy (non-hydrogen) atoms. The van der Waals surface area contributed by atoms with Crippen molar-refractivity contribution in [2.24, 2.45) is 5.92 Å². The molecule has 0 saturated heterocycles. The van der Waals surface area contributed by atoms with Gasteiger partial charge in [-0.2, -0.15) is 0 Å². The van der Waals surface area contributed by atoms with E-state index >= 15 is 0 Å². The Morgan fingerprint density at radius 3 is 2.38 bits per heavy atom. The molecule has 1 aromatic carbocycles. The normalized spacial score (nSPS) is 13.2. The van der Waals surface area contributed by atoms with E-state index in [2.05, 4.69) is 10.6 Å². The summed E-state index contributed by atoms with van der Waals surface area (Å²) in [6.45, 7) is 1.42. The van der Waals surface area contributed by atoms with Crippen LogP contribution in [0.1, 0.15) is 23.2 Å². The Balaban J connectivity index is 0.00000220. The van der Waals surface area contributed by atoms with Gasteiger partial charge in [0.2, 0.25) is 5.91 Å². The van der Waals surface area contributed by atoms with E-state index in [4.69, 9.17) is 0 Å². The van der Waals surface area contributed by atoms with Gasteiger partial charge >= 0.3 is 0 Å². The number of nitrogens with one attached hydrogen (secondary N) is 2. The number of anilines is 1. The second kappa shape index (κ2) is 8.00. The Morgan fingerprint density at radius 2 is 1.86 bits per heavy atom. The zero-order valence-corrected chi connectivity index (χ0v) is 13.2. The molecule has 1 aliphatic rings. The van der Waals surface area contributed by atoms with Crippen LogP contribution in [0.4, 0.5) is 5.69 Å². The molecule has 1 saturated carbocycles. The number of hydrogen-bond acceptors (Lipinski definition) is 3. The maximum atomic E-state index is 12.1. The highest BCUT2D eigenvalue weighted by atomic mass is 35.5. The van der Waals surface area contributed by atoms with Crippen molar-refractivity contribution in [3.63, 3.8) is 0 Å². The van der Waals surface area contributed by atoms with Crippen LogP contribution in [0.25, 0.3) is 0 Å². The lowest BCUT2D eigenvalue weighted by Gasteiger charge is -2.17. The van der Waals surface area contributed by atoms with E-state index in [0.717, 1.165) is 25.1 Å². The molecule has 2 amide bonds. The van der Waals surface area contributed by atoms with Gasteiger partial charge in [-0.3, -0.25) is 9.59 Å². The van der Waals surface area contributed by atoms with Crippen molar-refractivity contribution in [2.45, 2.75) is 12.8 Å². The molecular weight excluding hydrogens is 290 g/mol. The lowest BCUT2D eigenvalue weighted by molar-refractivity contribution is -0.117. The monoisotopic (exact) mass is 311 g/mol. The van der Waals surface area contributed by atoms with Gasteiger partial charge in [0.15, 0.2) is 0 Å². The maximum Gasteiger partial charge on any atom is 0.253 e. The highest BCUT2D eigenvalue weighted by Crippen LogP contribution is 2.30. The summed E-state index contributed by atoms with van der Waals surface area (Å²) in [5.41, 5.74) is 1.38. The van der Waals surface area contributed by atoms with E-state index < -0.39 is 0 Å². The lowest BCUT2D eigenvalue weighted by atomic mass is 10.2. The second-order valence-electron chi connectivity index (χ2n) is 5.17. The first-order valence-corrected chi connectivity index (χ1v) is 6.93. The van der Waals surface area contributed by atoms with Crippen LogP contribution in [0.2, 0.25) is 0 Å². The van der Waals surface area contributed by atoms with Crippen LogP contribution in [0.5, 0.6) is 0 Å². The number of rotatable bonds is 6. The van der Waals surface area contributed by atoms with E-state index in [1.807, 2.05) is 7.05 Å². The van der Waals surface area contributed by atoms with Crippen molar-refractivity contribution in [1.29, 1.82) is 0 Å². The first-order valence-electron chi connectivity index (χ1n) is 6.93. The Morgan fingerprint density at radius 1 is 1.24 bits per heavy atom. The lowest BCUT2D eigenvalue weighted by Crippen LogP contribution is -2.32. The number of likely N-dealkylation sites (N-methyl/N-ethyl adjacent to an activating group) is 2. The Kier molecular flexibility index (Phi) is 6.65. The zero-order valence-electron chi connectivity index (χ0n) is 12.4. The van der Waals surface area contributed by atoms with Crippen LogP contribution in [-0.2, 0) is 4.79 Å². The van der Waals surface area contributed by atoms with E-state index in [1.54, 1.807) is 36.2 Å². The van der Waals surface area contributed by atoms with Gasteiger partial charge in [0.1, 0.15) is 0 Å². The van der Waals surface area contributed by atoms with Crippen LogP contribution in [0.15, 0.2) is 24.3 Å². The highest BCUT2D eigenvalue weighted by molar-refractivity contribution is 5.96. The van der Waals surface area contributed by atoms with Crippen molar-refractivity contribution < 1.29 is 9.59 Å². The SMILES string of the molecule is CNCCN(C)C(=O)c1ccc(NC(=O)C2CC2)cc1.Cl. The quantitative estimate of drug-likeness (QED) is 0.841. The minimum absolute atomic E-state index is 0. The van der Waals surface area contributed by atoms with Gasteiger partial charge in [0.25, 0.3) is 5.91 Å². The van der Waals surface area contributed by atoms with E-state index in [-0.39, 0.29) is 30.1 Å². The molecule has 2 rings (SSSR count). The molecule has 0 aliphatic heterocycles. The second-order valence-corrected chi connectivity index (χ2v) is 5.17. The summed E-state index contributed by atoms with van der Waals surface area (Å²) in [6.07, 6.45) is 1.97. The molecule has 1 fully saturated rings. The molecule has 0 spiro atoms. The van der Waals surface area contributed by atoms with Crippen LogP contribution in [-0.4, -0.2) is 43.9 Å².